The normalized spacial score (nSPS) is 10.7. The third kappa shape index (κ3) is 3.15. The number of aromatic amines is 1. The van der Waals surface area contributed by atoms with Crippen LogP contribution in [0, 0.1) is 0 Å². The van der Waals surface area contributed by atoms with Crippen LogP contribution in [0.3, 0.4) is 0 Å². The zero-order valence-corrected chi connectivity index (χ0v) is 14.3. The summed E-state index contributed by atoms with van der Waals surface area (Å²) in [5.74, 6) is 0.148. The van der Waals surface area contributed by atoms with E-state index in [1.54, 1.807) is 24.5 Å². The number of nitrogens with zero attached hydrogens (tertiary/aromatic N) is 3. The molecule has 0 saturated heterocycles. The first-order valence-corrected chi connectivity index (χ1v) is 8.04. The predicted molar refractivity (Wildman–Crippen MR) is 99.5 cm³/mol. The Kier molecular flexibility index (Phi) is 4.13. The monoisotopic (exact) mass is 361 g/mol. The summed E-state index contributed by atoms with van der Waals surface area (Å²) in [5.41, 5.74) is 9.26. The predicted octanol–water partition coefficient (Wildman–Crippen LogP) is 2.83. The lowest BCUT2D eigenvalue weighted by atomic mass is 10.1. The minimum absolute atomic E-state index is 0.251. The molecule has 0 unspecified atom stereocenters. The molecule has 27 heavy (non-hydrogen) atoms. The second-order valence-electron chi connectivity index (χ2n) is 5.75. The molecular formula is C19H15N5O3. The maximum Gasteiger partial charge on any atom is 0.346 e. The highest BCUT2D eigenvalue weighted by atomic mass is 16.6. The van der Waals surface area contributed by atoms with E-state index in [1.165, 1.54) is 25.8 Å². The van der Waals surface area contributed by atoms with E-state index in [0.717, 1.165) is 22.2 Å². The van der Waals surface area contributed by atoms with Crippen molar-refractivity contribution in [3.63, 3.8) is 0 Å². The van der Waals surface area contributed by atoms with Crippen molar-refractivity contribution in [3.8, 4) is 22.6 Å². The van der Waals surface area contributed by atoms with E-state index >= 15 is 0 Å². The third-order valence-corrected chi connectivity index (χ3v) is 4.06. The van der Waals surface area contributed by atoms with Gasteiger partial charge < -0.3 is 20.2 Å². The van der Waals surface area contributed by atoms with E-state index in [9.17, 15) is 4.79 Å². The van der Waals surface area contributed by atoms with Gasteiger partial charge in [-0.25, -0.2) is 19.7 Å². The Morgan fingerprint density at radius 1 is 1.07 bits per heavy atom. The lowest BCUT2D eigenvalue weighted by molar-refractivity contribution is 0.0729. The fourth-order valence-electron chi connectivity index (χ4n) is 2.68. The minimum Gasteiger partial charge on any atom is -0.493 e. The number of aromatic nitrogens is 4. The van der Waals surface area contributed by atoms with Crippen LogP contribution in [0.25, 0.3) is 22.2 Å². The van der Waals surface area contributed by atoms with E-state index in [2.05, 4.69) is 19.9 Å². The van der Waals surface area contributed by atoms with Crippen LogP contribution >= 0.6 is 0 Å². The Balaban J connectivity index is 1.66. The van der Waals surface area contributed by atoms with Crippen LogP contribution < -0.4 is 15.2 Å². The standard InChI is InChI=1S/C19H15N5O3/c1-26-17-5-11(12-4-14-15(20)9-24-18(14)23-8-12)2-3-16(17)27-19(25)13-6-21-10-22-7-13/h2-10H,20H2,1H3,(H,23,24). The van der Waals surface area contributed by atoms with Crippen molar-refractivity contribution in [1.29, 1.82) is 0 Å². The van der Waals surface area contributed by atoms with Gasteiger partial charge in [0, 0.05) is 35.7 Å². The highest BCUT2D eigenvalue weighted by Crippen LogP contribution is 2.34. The molecule has 0 bridgehead atoms. The van der Waals surface area contributed by atoms with Gasteiger partial charge in [-0.1, -0.05) is 6.07 Å². The number of fused-ring (bicyclic) bond motifs is 1. The summed E-state index contributed by atoms with van der Waals surface area (Å²) < 4.78 is 10.8. The van der Waals surface area contributed by atoms with Crippen molar-refractivity contribution >= 4 is 22.7 Å². The summed E-state index contributed by atoms with van der Waals surface area (Å²) in [7, 11) is 1.51. The fourth-order valence-corrected chi connectivity index (χ4v) is 2.68. The summed E-state index contributed by atoms with van der Waals surface area (Å²) >= 11 is 0. The van der Waals surface area contributed by atoms with Gasteiger partial charge in [0.25, 0.3) is 0 Å². The number of rotatable bonds is 4. The second-order valence-corrected chi connectivity index (χ2v) is 5.75. The quantitative estimate of drug-likeness (QED) is 0.424. The van der Waals surface area contributed by atoms with Crippen LogP contribution in [0.2, 0.25) is 0 Å². The number of nitrogen functional groups attached to an aromatic ring is 1. The lowest BCUT2D eigenvalue weighted by Crippen LogP contribution is -2.10. The topological polar surface area (TPSA) is 116 Å². The SMILES string of the molecule is COc1cc(-c2cnc3[nH]cc(N)c3c2)ccc1OC(=O)c1cncnc1. The van der Waals surface area contributed by atoms with Gasteiger partial charge in [-0.15, -0.1) is 0 Å². The van der Waals surface area contributed by atoms with Crippen LogP contribution in [-0.4, -0.2) is 33.0 Å². The molecule has 0 spiro atoms. The zero-order chi connectivity index (χ0) is 18.8. The molecule has 3 heterocycles. The molecule has 0 aliphatic carbocycles. The van der Waals surface area contributed by atoms with Crippen molar-refractivity contribution in [1.82, 2.24) is 19.9 Å². The molecule has 3 N–H and O–H groups in total. The molecule has 134 valence electrons. The van der Waals surface area contributed by atoms with E-state index in [0.29, 0.717) is 17.2 Å². The largest absolute Gasteiger partial charge is 0.493 e. The number of carbonyl (C=O) groups is 1. The van der Waals surface area contributed by atoms with E-state index in [1.807, 2.05) is 12.1 Å². The molecule has 4 rings (SSSR count). The Morgan fingerprint density at radius 2 is 1.89 bits per heavy atom. The number of pyridine rings is 1. The molecule has 8 nitrogen and oxygen atoms in total. The number of methoxy groups -OCH3 is 1. The molecule has 0 aliphatic heterocycles. The second kappa shape index (κ2) is 6.75. The molecule has 4 aromatic rings. The van der Waals surface area contributed by atoms with Crippen molar-refractivity contribution in [2.75, 3.05) is 12.8 Å². The number of H-pyrrole nitrogens is 1. The maximum atomic E-state index is 12.2. The average molecular weight is 361 g/mol. The van der Waals surface area contributed by atoms with Crippen molar-refractivity contribution < 1.29 is 14.3 Å². The van der Waals surface area contributed by atoms with Gasteiger partial charge in [0.2, 0.25) is 0 Å². The van der Waals surface area contributed by atoms with Gasteiger partial charge in [-0.3, -0.25) is 0 Å². The Labute approximate surface area is 154 Å². The number of benzene rings is 1. The molecule has 0 saturated carbocycles. The molecule has 0 fully saturated rings. The molecule has 3 aromatic heterocycles. The van der Waals surface area contributed by atoms with Crippen molar-refractivity contribution in [3.05, 3.63) is 60.9 Å². The number of nitrogens with two attached hydrogens (primary N) is 1. The van der Waals surface area contributed by atoms with Crippen molar-refractivity contribution in [2.45, 2.75) is 0 Å². The number of nitrogens with one attached hydrogen (secondary N) is 1. The first-order valence-electron chi connectivity index (χ1n) is 8.04. The Hall–Kier alpha value is -3.94. The van der Waals surface area contributed by atoms with Gasteiger partial charge in [-0.2, -0.15) is 0 Å². The molecule has 8 heteroatoms. The van der Waals surface area contributed by atoms with Crippen LogP contribution in [0.4, 0.5) is 5.69 Å². The molecule has 0 aliphatic rings. The maximum absolute atomic E-state index is 12.2. The third-order valence-electron chi connectivity index (χ3n) is 4.06. The molecular weight excluding hydrogens is 346 g/mol. The average Bonchev–Trinajstić information content (AvgIpc) is 3.09. The van der Waals surface area contributed by atoms with E-state index in [-0.39, 0.29) is 5.56 Å². The van der Waals surface area contributed by atoms with Gasteiger partial charge in [0.05, 0.1) is 18.4 Å². The van der Waals surface area contributed by atoms with E-state index in [4.69, 9.17) is 15.2 Å². The minimum atomic E-state index is -0.565. The number of hydrogen-bond donors (Lipinski definition) is 2. The highest BCUT2D eigenvalue weighted by Gasteiger charge is 2.14. The van der Waals surface area contributed by atoms with Gasteiger partial charge in [-0.05, 0) is 23.8 Å². The Morgan fingerprint density at radius 3 is 2.67 bits per heavy atom. The first kappa shape index (κ1) is 16.5. The highest BCUT2D eigenvalue weighted by molar-refractivity contribution is 5.92. The molecule has 0 atom stereocenters. The zero-order valence-electron chi connectivity index (χ0n) is 14.3. The Bertz CT molecular complexity index is 1120. The van der Waals surface area contributed by atoms with Crippen LogP contribution in [0.5, 0.6) is 11.5 Å². The summed E-state index contributed by atoms with van der Waals surface area (Å²) in [6.45, 7) is 0. The van der Waals surface area contributed by atoms with Gasteiger partial charge in [0.1, 0.15) is 12.0 Å². The first-order chi connectivity index (χ1) is 13.2. The van der Waals surface area contributed by atoms with Gasteiger partial charge in [0.15, 0.2) is 11.5 Å². The number of anilines is 1. The van der Waals surface area contributed by atoms with Crippen LogP contribution in [-0.2, 0) is 0 Å². The lowest BCUT2D eigenvalue weighted by Gasteiger charge is -2.11. The molecule has 0 radical (unpaired) electrons. The summed E-state index contributed by atoms with van der Waals surface area (Å²) in [6, 6.07) is 7.20. The summed E-state index contributed by atoms with van der Waals surface area (Å²) in [6.07, 6.45) is 7.56. The summed E-state index contributed by atoms with van der Waals surface area (Å²) in [5, 5.41) is 0.839. The smallest absolute Gasteiger partial charge is 0.346 e. The number of hydrogen-bond acceptors (Lipinski definition) is 7. The van der Waals surface area contributed by atoms with E-state index < -0.39 is 5.97 Å². The van der Waals surface area contributed by atoms with Crippen molar-refractivity contribution in [2.24, 2.45) is 0 Å². The number of esters is 1. The number of ether oxygens (including phenoxy) is 2. The van der Waals surface area contributed by atoms with Crippen LogP contribution in [0.15, 0.2) is 55.4 Å². The van der Waals surface area contributed by atoms with Gasteiger partial charge >= 0.3 is 5.97 Å². The molecule has 1 aromatic carbocycles. The fraction of sp³-hybridized carbons (Fsp3) is 0.0526. The summed E-state index contributed by atoms with van der Waals surface area (Å²) in [4.78, 5) is 27.2. The number of carbonyl (C=O) groups excluding carboxylic acids is 1. The molecule has 0 amide bonds. The van der Waals surface area contributed by atoms with Crippen LogP contribution in [0.1, 0.15) is 10.4 Å².